The summed E-state index contributed by atoms with van der Waals surface area (Å²) in [4.78, 5) is 6.21. The number of imidazole rings is 1. The summed E-state index contributed by atoms with van der Waals surface area (Å²) in [5.41, 5.74) is -3.78. The highest BCUT2D eigenvalue weighted by atomic mass is 19.4. The Morgan fingerprint density at radius 2 is 1.69 bits per heavy atom. The normalized spacial score (nSPS) is 29.0. The zero-order chi connectivity index (χ0) is 30.7. The maximum Gasteiger partial charge on any atom is 0.418 e. The third kappa shape index (κ3) is 5.89. The highest BCUT2D eigenvalue weighted by Gasteiger charge is 2.45. The van der Waals surface area contributed by atoms with E-state index in [1.54, 1.807) is 13.0 Å². The summed E-state index contributed by atoms with van der Waals surface area (Å²) < 4.78 is 89.3. The number of likely N-dealkylation sites (tertiary alicyclic amines) is 1. The molecule has 6 nitrogen and oxygen atoms in total. The maximum atomic E-state index is 14.2. The van der Waals surface area contributed by atoms with Crippen LogP contribution < -0.4 is 4.74 Å². The van der Waals surface area contributed by atoms with Crippen molar-refractivity contribution in [3.63, 3.8) is 0 Å². The lowest BCUT2D eigenvalue weighted by Gasteiger charge is -2.47. The Balaban J connectivity index is 1.41. The van der Waals surface area contributed by atoms with Gasteiger partial charge in [-0.2, -0.15) is 26.3 Å². The number of hydrogen-bond donors (Lipinski definition) is 2. The molecule has 2 heterocycles. The van der Waals surface area contributed by atoms with Crippen molar-refractivity contribution in [2.45, 2.75) is 81.2 Å². The Bertz CT molecular complexity index is 1440. The molecule has 42 heavy (non-hydrogen) atoms. The van der Waals surface area contributed by atoms with Gasteiger partial charge in [-0.15, -0.1) is 6.58 Å². The molecule has 0 radical (unpaired) electrons. The fraction of sp³-hybridized carbons (Fsp3) is 0.500. The molecule has 2 aromatic carbocycles. The Kier molecular flexibility index (Phi) is 7.64. The predicted molar refractivity (Wildman–Crippen MR) is 144 cm³/mol. The molecular formula is C30H33F6N3O3. The third-order valence-electron chi connectivity index (χ3n) is 8.47. The van der Waals surface area contributed by atoms with Crippen molar-refractivity contribution < 1.29 is 41.3 Å². The molecule has 1 saturated heterocycles. The van der Waals surface area contributed by atoms with Crippen LogP contribution in [0.25, 0.3) is 11.0 Å². The average molecular weight is 598 g/mol. The molecule has 1 aromatic heterocycles. The molecule has 0 spiro atoms. The van der Waals surface area contributed by atoms with Crippen LogP contribution in [0, 0.1) is 0 Å². The van der Waals surface area contributed by atoms with E-state index in [2.05, 4.69) is 11.6 Å². The minimum Gasteiger partial charge on any atom is -0.492 e. The lowest BCUT2D eigenvalue weighted by molar-refractivity contribution is -0.138. The van der Waals surface area contributed by atoms with E-state index in [0.29, 0.717) is 24.9 Å². The highest BCUT2D eigenvalue weighted by molar-refractivity contribution is 5.82. The van der Waals surface area contributed by atoms with E-state index in [1.807, 2.05) is 11.8 Å². The van der Waals surface area contributed by atoms with Gasteiger partial charge in [-0.1, -0.05) is 18.2 Å². The molecule has 3 aromatic rings. The molecule has 0 unspecified atom stereocenters. The Hall–Kier alpha value is -3.09. The topological polar surface area (TPSA) is 70.8 Å². The molecule has 2 fully saturated rings. The molecule has 228 valence electrons. The van der Waals surface area contributed by atoms with E-state index in [-0.39, 0.29) is 48.3 Å². The summed E-state index contributed by atoms with van der Waals surface area (Å²) in [5, 5.41) is 21.7. The molecule has 1 saturated carbocycles. The first kappa shape index (κ1) is 30.4. The molecular weight excluding hydrogens is 564 g/mol. The number of aliphatic hydroxyl groups is 2. The second kappa shape index (κ2) is 10.6. The maximum absolute atomic E-state index is 14.2. The monoisotopic (exact) mass is 597 g/mol. The van der Waals surface area contributed by atoms with E-state index in [4.69, 9.17) is 4.74 Å². The number of ether oxygens (including phenoxy) is 1. The van der Waals surface area contributed by atoms with Crippen LogP contribution in [-0.4, -0.2) is 55.5 Å². The molecule has 1 aliphatic carbocycles. The fourth-order valence-electron chi connectivity index (χ4n) is 6.46. The van der Waals surface area contributed by atoms with Gasteiger partial charge >= 0.3 is 12.4 Å². The average Bonchev–Trinajstić information content (AvgIpc) is 3.30. The summed E-state index contributed by atoms with van der Waals surface area (Å²) >= 11 is 0. The second-order valence-corrected chi connectivity index (χ2v) is 11.9. The Morgan fingerprint density at radius 1 is 1.02 bits per heavy atom. The van der Waals surface area contributed by atoms with Crippen LogP contribution in [0.5, 0.6) is 5.75 Å². The number of nitrogens with zero attached hydrogens (tertiary/aromatic N) is 3. The zero-order valence-electron chi connectivity index (χ0n) is 23.2. The molecule has 0 bridgehead atoms. The molecule has 3 atom stereocenters. The summed E-state index contributed by atoms with van der Waals surface area (Å²) in [5.74, 6) is -0.0458. The van der Waals surface area contributed by atoms with Gasteiger partial charge in [0, 0.05) is 30.7 Å². The van der Waals surface area contributed by atoms with Crippen molar-refractivity contribution in [1.29, 1.82) is 0 Å². The molecule has 2 N–H and O–H groups in total. The van der Waals surface area contributed by atoms with Crippen LogP contribution in [0.1, 0.15) is 62.3 Å². The number of rotatable bonds is 7. The van der Waals surface area contributed by atoms with Crippen molar-refractivity contribution in [1.82, 2.24) is 14.5 Å². The van der Waals surface area contributed by atoms with Gasteiger partial charge in [0.25, 0.3) is 0 Å². The number of fused-ring (bicyclic) bond motifs is 1. The summed E-state index contributed by atoms with van der Waals surface area (Å²) in [6.45, 7) is 7.61. The SMILES string of the molecule is C=CCN1[C@H](COc2cc(C(F)(F)F)c3c(c2)ncn3C2CC(C)(O)C2)C[C@](O)(c2ccc(C(F)(F)F)cc2)C[C@@H]1C. The van der Waals surface area contributed by atoms with Crippen LogP contribution in [-0.2, 0) is 18.0 Å². The highest BCUT2D eigenvalue weighted by Crippen LogP contribution is 2.46. The lowest BCUT2D eigenvalue weighted by Crippen LogP contribution is -2.55. The van der Waals surface area contributed by atoms with Gasteiger partial charge in [-0.05, 0) is 63.3 Å². The number of aromatic nitrogens is 2. The van der Waals surface area contributed by atoms with Crippen LogP contribution in [0.3, 0.4) is 0 Å². The quantitative estimate of drug-likeness (QED) is 0.242. The molecule has 5 rings (SSSR count). The van der Waals surface area contributed by atoms with Crippen molar-refractivity contribution in [2.24, 2.45) is 0 Å². The van der Waals surface area contributed by atoms with Crippen LogP contribution >= 0.6 is 0 Å². The standard InChI is InChI=1S/C30H33F6N3O3/c1-4-9-38-18(2)12-28(41,19-5-7-20(8-6-19)29(31,32)33)15-22(38)16-42-23-10-24(30(34,35)36)26-25(11-23)37-17-39(26)21-13-27(3,40)14-21/h4-8,10-11,17-18,21-22,40-41H,1,9,12-16H2,2-3H3/t18-,21?,22-,27?,28-/m0/s1. The second-order valence-electron chi connectivity index (χ2n) is 11.9. The van der Waals surface area contributed by atoms with E-state index >= 15 is 0 Å². The van der Waals surface area contributed by atoms with Crippen molar-refractivity contribution in [3.05, 3.63) is 72.1 Å². The Morgan fingerprint density at radius 3 is 2.26 bits per heavy atom. The fourth-order valence-corrected chi connectivity index (χ4v) is 6.46. The number of halogens is 6. The smallest absolute Gasteiger partial charge is 0.418 e. The Labute approximate surface area is 239 Å². The van der Waals surface area contributed by atoms with Crippen molar-refractivity contribution in [3.8, 4) is 5.75 Å². The van der Waals surface area contributed by atoms with Gasteiger partial charge in [0.15, 0.2) is 0 Å². The number of benzene rings is 2. The number of alkyl halides is 6. The predicted octanol–water partition coefficient (Wildman–Crippen LogP) is 6.47. The summed E-state index contributed by atoms with van der Waals surface area (Å²) in [6, 6.07) is 5.72. The van der Waals surface area contributed by atoms with Gasteiger partial charge in [-0.3, -0.25) is 4.90 Å². The van der Waals surface area contributed by atoms with Gasteiger partial charge in [0.1, 0.15) is 12.4 Å². The first-order valence-corrected chi connectivity index (χ1v) is 13.7. The lowest BCUT2D eigenvalue weighted by atomic mass is 9.77. The minimum atomic E-state index is -4.70. The van der Waals surface area contributed by atoms with E-state index < -0.39 is 40.7 Å². The van der Waals surface area contributed by atoms with Gasteiger partial charge in [-0.25, -0.2) is 4.98 Å². The van der Waals surface area contributed by atoms with Gasteiger partial charge in [0.05, 0.1) is 39.7 Å². The van der Waals surface area contributed by atoms with Gasteiger partial charge < -0.3 is 19.5 Å². The van der Waals surface area contributed by atoms with Crippen molar-refractivity contribution in [2.75, 3.05) is 13.2 Å². The largest absolute Gasteiger partial charge is 0.492 e. The van der Waals surface area contributed by atoms with E-state index in [1.165, 1.54) is 29.1 Å². The van der Waals surface area contributed by atoms with Gasteiger partial charge in [0.2, 0.25) is 0 Å². The van der Waals surface area contributed by atoms with Crippen molar-refractivity contribution >= 4 is 11.0 Å². The molecule has 1 aliphatic heterocycles. The van der Waals surface area contributed by atoms with E-state index in [9.17, 15) is 36.6 Å². The molecule has 2 aliphatic rings. The van der Waals surface area contributed by atoms with Crippen LogP contribution in [0.4, 0.5) is 26.3 Å². The first-order chi connectivity index (χ1) is 19.5. The number of hydrogen-bond acceptors (Lipinski definition) is 5. The molecule has 12 heteroatoms. The summed E-state index contributed by atoms with van der Waals surface area (Å²) in [7, 11) is 0. The zero-order valence-corrected chi connectivity index (χ0v) is 23.2. The number of piperidine rings is 1. The van der Waals surface area contributed by atoms with Crippen LogP contribution in [0.15, 0.2) is 55.4 Å². The first-order valence-electron chi connectivity index (χ1n) is 13.7. The van der Waals surface area contributed by atoms with Crippen LogP contribution in [0.2, 0.25) is 0 Å². The molecule has 0 amide bonds. The van der Waals surface area contributed by atoms with E-state index in [0.717, 1.165) is 18.2 Å². The third-order valence-corrected chi connectivity index (χ3v) is 8.47. The minimum absolute atomic E-state index is 0.0458. The summed E-state index contributed by atoms with van der Waals surface area (Å²) in [6.07, 6.45) is -5.24.